The van der Waals surface area contributed by atoms with Gasteiger partial charge in [0.05, 0.1) is 0 Å². The van der Waals surface area contributed by atoms with Crippen molar-refractivity contribution >= 4 is 11.8 Å². The van der Waals surface area contributed by atoms with Gasteiger partial charge in [0.1, 0.15) is 11.6 Å². The fourth-order valence-electron chi connectivity index (χ4n) is 6.12. The molecule has 1 aliphatic heterocycles. The van der Waals surface area contributed by atoms with Crippen molar-refractivity contribution in [2.75, 3.05) is 18.0 Å². The van der Waals surface area contributed by atoms with Crippen LogP contribution in [0.2, 0.25) is 0 Å². The lowest BCUT2D eigenvalue weighted by molar-refractivity contribution is -0.138. The highest BCUT2D eigenvalue weighted by Crippen LogP contribution is 2.47. The van der Waals surface area contributed by atoms with Crippen molar-refractivity contribution in [1.82, 2.24) is 20.2 Å². The van der Waals surface area contributed by atoms with Gasteiger partial charge in [-0.25, -0.2) is 9.97 Å². The second-order valence-electron chi connectivity index (χ2n) is 10.3. The first-order valence-electron chi connectivity index (χ1n) is 12.5. The van der Waals surface area contributed by atoms with E-state index in [4.69, 9.17) is 15.1 Å². The molecule has 0 bridgehead atoms. The van der Waals surface area contributed by atoms with Crippen LogP contribution in [0.15, 0.2) is 18.3 Å². The summed E-state index contributed by atoms with van der Waals surface area (Å²) in [6.07, 6.45) is 15.4. The van der Waals surface area contributed by atoms with Gasteiger partial charge in [-0.15, -0.1) is 0 Å². The summed E-state index contributed by atoms with van der Waals surface area (Å²) in [5.41, 5.74) is 1.39. The molecule has 32 heavy (non-hydrogen) atoms. The predicted octanol–water partition coefficient (Wildman–Crippen LogP) is 5.17. The average Bonchev–Trinajstić information content (AvgIpc) is 3.32. The van der Waals surface area contributed by atoms with E-state index in [1.165, 1.54) is 57.8 Å². The number of rotatable bonds is 5. The molecule has 5 rings (SSSR count). The van der Waals surface area contributed by atoms with E-state index in [-0.39, 0.29) is 0 Å². The van der Waals surface area contributed by atoms with Crippen molar-refractivity contribution in [1.29, 1.82) is 0 Å². The van der Waals surface area contributed by atoms with Crippen molar-refractivity contribution in [2.24, 2.45) is 11.3 Å². The first-order valence-corrected chi connectivity index (χ1v) is 12.5. The molecular weight excluding hydrogens is 402 g/mol. The largest absolute Gasteiger partial charge is 0.481 e. The van der Waals surface area contributed by atoms with E-state index in [1.807, 2.05) is 6.20 Å². The molecule has 0 radical (unpaired) electrons. The molecule has 0 aromatic carbocycles. The van der Waals surface area contributed by atoms with Gasteiger partial charge in [-0.3, -0.25) is 9.89 Å². The lowest BCUT2D eigenvalue weighted by Gasteiger charge is -2.46. The Labute approximate surface area is 190 Å². The smallest absolute Gasteiger partial charge is 0.303 e. The van der Waals surface area contributed by atoms with Crippen LogP contribution in [0, 0.1) is 11.3 Å². The Morgan fingerprint density at radius 3 is 2.47 bits per heavy atom. The fraction of sp³-hybridized carbons (Fsp3) is 0.680. The maximum Gasteiger partial charge on any atom is 0.303 e. The summed E-state index contributed by atoms with van der Waals surface area (Å²) in [6.45, 7) is 2.06. The Kier molecular flexibility index (Phi) is 6.15. The summed E-state index contributed by atoms with van der Waals surface area (Å²) >= 11 is 0. The molecular formula is C25H35N5O2. The number of carbonyl (C=O) groups is 1. The highest BCUT2D eigenvalue weighted by atomic mass is 16.4. The molecule has 0 amide bonds. The number of nitrogens with zero attached hydrogens (tertiary/aromatic N) is 4. The van der Waals surface area contributed by atoms with Crippen LogP contribution in [-0.4, -0.2) is 44.3 Å². The van der Waals surface area contributed by atoms with Crippen LogP contribution in [0.4, 0.5) is 5.82 Å². The van der Waals surface area contributed by atoms with Crippen molar-refractivity contribution in [3.63, 3.8) is 0 Å². The molecule has 7 nitrogen and oxygen atoms in total. The van der Waals surface area contributed by atoms with E-state index < -0.39 is 5.97 Å². The molecule has 172 valence electrons. The number of hydrogen-bond acceptors (Lipinski definition) is 5. The van der Waals surface area contributed by atoms with Crippen LogP contribution in [-0.2, 0) is 4.79 Å². The second kappa shape index (κ2) is 9.20. The van der Waals surface area contributed by atoms with E-state index in [0.717, 1.165) is 49.0 Å². The first kappa shape index (κ1) is 21.4. The molecule has 0 unspecified atom stereocenters. The molecule has 3 aliphatic rings. The highest BCUT2D eigenvalue weighted by molar-refractivity contribution is 5.67. The third-order valence-corrected chi connectivity index (χ3v) is 8.28. The zero-order valence-electron chi connectivity index (χ0n) is 18.9. The molecule has 1 spiro atoms. The Bertz CT molecular complexity index is 901. The quantitative estimate of drug-likeness (QED) is 0.670. The fourth-order valence-corrected chi connectivity index (χ4v) is 6.12. The maximum absolute atomic E-state index is 11.0. The van der Waals surface area contributed by atoms with Gasteiger partial charge in [0.25, 0.3) is 0 Å². The lowest BCUT2D eigenvalue weighted by atomic mass is 9.65. The van der Waals surface area contributed by atoms with Crippen LogP contribution in [0.3, 0.4) is 0 Å². The van der Waals surface area contributed by atoms with Crippen molar-refractivity contribution in [2.45, 2.75) is 83.0 Å². The molecule has 3 heterocycles. The average molecular weight is 438 g/mol. The Morgan fingerprint density at radius 2 is 1.81 bits per heavy atom. The zero-order valence-corrected chi connectivity index (χ0v) is 18.9. The monoisotopic (exact) mass is 437 g/mol. The molecule has 2 saturated carbocycles. The highest BCUT2D eigenvalue weighted by Gasteiger charge is 2.38. The standard InChI is InChI=1S/C25H35N5O2/c31-22(32)16-18-8-10-25(11-9-18)12-14-30(15-13-25)21-7-6-20(17-26-21)24-27-23(28-29-24)19-4-2-1-3-5-19/h6-7,17-19H,1-5,8-16H2,(H,31,32)(H,27,28,29). The molecule has 7 heteroatoms. The van der Waals surface area contributed by atoms with E-state index in [9.17, 15) is 4.79 Å². The van der Waals surface area contributed by atoms with Gasteiger partial charge >= 0.3 is 5.97 Å². The Hall–Kier alpha value is -2.44. The molecule has 3 fully saturated rings. The van der Waals surface area contributed by atoms with Crippen molar-refractivity contribution < 1.29 is 9.90 Å². The summed E-state index contributed by atoms with van der Waals surface area (Å²) in [5, 5.41) is 16.7. The third kappa shape index (κ3) is 4.66. The molecule has 2 aliphatic carbocycles. The second-order valence-corrected chi connectivity index (χ2v) is 10.3. The minimum Gasteiger partial charge on any atom is -0.481 e. The van der Waals surface area contributed by atoms with Crippen LogP contribution in [0.1, 0.15) is 88.8 Å². The van der Waals surface area contributed by atoms with Gasteiger partial charge in [-0.1, -0.05) is 19.3 Å². The molecule has 0 atom stereocenters. The maximum atomic E-state index is 11.0. The van der Waals surface area contributed by atoms with E-state index >= 15 is 0 Å². The number of piperidine rings is 1. The van der Waals surface area contributed by atoms with Gasteiger partial charge in [0.15, 0.2) is 5.82 Å². The van der Waals surface area contributed by atoms with Gasteiger partial charge < -0.3 is 10.0 Å². The van der Waals surface area contributed by atoms with E-state index in [2.05, 4.69) is 27.2 Å². The normalized spacial score (nSPS) is 22.3. The Morgan fingerprint density at radius 1 is 1.06 bits per heavy atom. The molecule has 2 aromatic heterocycles. The third-order valence-electron chi connectivity index (χ3n) is 8.28. The number of pyridine rings is 1. The summed E-state index contributed by atoms with van der Waals surface area (Å²) in [5.74, 6) is 3.07. The minimum absolute atomic E-state index is 0.339. The van der Waals surface area contributed by atoms with Crippen LogP contribution in [0.5, 0.6) is 0 Å². The van der Waals surface area contributed by atoms with Gasteiger partial charge in [-0.2, -0.15) is 5.10 Å². The number of aromatic amines is 1. The number of aromatic nitrogens is 4. The zero-order chi connectivity index (χ0) is 22.0. The summed E-state index contributed by atoms with van der Waals surface area (Å²) in [6, 6.07) is 4.20. The number of hydrogen-bond donors (Lipinski definition) is 2. The van der Waals surface area contributed by atoms with E-state index in [1.54, 1.807) is 0 Å². The van der Waals surface area contributed by atoms with Crippen molar-refractivity contribution in [3.8, 4) is 11.4 Å². The number of carboxylic acids is 1. The molecule has 2 N–H and O–H groups in total. The Balaban J connectivity index is 1.16. The minimum atomic E-state index is -0.648. The van der Waals surface area contributed by atoms with Crippen LogP contribution in [0.25, 0.3) is 11.4 Å². The SMILES string of the molecule is O=C(O)CC1CCC2(CC1)CCN(c1ccc(-c3n[nH]c(C4CCCCC4)n3)cn1)CC2. The first-order chi connectivity index (χ1) is 15.6. The number of H-pyrrole nitrogens is 1. The molecule has 1 saturated heterocycles. The van der Waals surface area contributed by atoms with Gasteiger partial charge in [0.2, 0.25) is 0 Å². The topological polar surface area (TPSA) is 95.0 Å². The number of anilines is 1. The number of aliphatic carboxylic acids is 1. The van der Waals surface area contributed by atoms with Crippen LogP contribution < -0.4 is 4.90 Å². The predicted molar refractivity (Wildman–Crippen MR) is 124 cm³/mol. The van der Waals surface area contributed by atoms with E-state index in [0.29, 0.717) is 23.7 Å². The van der Waals surface area contributed by atoms with Gasteiger partial charge in [-0.05, 0) is 74.8 Å². The lowest BCUT2D eigenvalue weighted by Crippen LogP contribution is -2.42. The van der Waals surface area contributed by atoms with Crippen LogP contribution >= 0.6 is 0 Å². The summed E-state index contributed by atoms with van der Waals surface area (Å²) in [7, 11) is 0. The summed E-state index contributed by atoms with van der Waals surface area (Å²) < 4.78 is 0. The molecule has 2 aromatic rings. The van der Waals surface area contributed by atoms with Gasteiger partial charge in [0, 0.05) is 37.2 Å². The number of carboxylic acid groups (broad SMARTS) is 1. The number of nitrogens with one attached hydrogen (secondary N) is 1. The van der Waals surface area contributed by atoms with Crippen molar-refractivity contribution in [3.05, 3.63) is 24.2 Å². The summed E-state index contributed by atoms with van der Waals surface area (Å²) in [4.78, 5) is 22.9.